The number of pyridine rings is 1. The molecule has 0 atom stereocenters. The molecule has 2 N–H and O–H groups in total. The van der Waals surface area contributed by atoms with Crippen molar-refractivity contribution in [1.82, 2.24) is 15.2 Å². The third-order valence-corrected chi connectivity index (χ3v) is 2.19. The summed E-state index contributed by atoms with van der Waals surface area (Å²) in [6.07, 6.45) is 5.00. The molecule has 0 aliphatic heterocycles. The molecular formula is C13H20N4O. The summed E-state index contributed by atoms with van der Waals surface area (Å²) in [7, 11) is 5.77. The van der Waals surface area contributed by atoms with Gasteiger partial charge in [0.2, 0.25) is 5.91 Å². The molecule has 1 rings (SSSR count). The molecule has 1 aromatic rings. The van der Waals surface area contributed by atoms with Crippen LogP contribution >= 0.6 is 0 Å². The summed E-state index contributed by atoms with van der Waals surface area (Å²) < 4.78 is 0. The van der Waals surface area contributed by atoms with E-state index >= 15 is 0 Å². The molecule has 0 aliphatic rings. The van der Waals surface area contributed by atoms with Crippen LogP contribution < -0.4 is 10.6 Å². The Morgan fingerprint density at radius 2 is 2.22 bits per heavy atom. The number of nitrogens with one attached hydrogen (secondary N) is 2. The lowest BCUT2D eigenvalue weighted by atomic mass is 10.3. The maximum absolute atomic E-state index is 11.5. The third-order valence-electron chi connectivity index (χ3n) is 2.19. The number of aromatic nitrogens is 1. The molecular weight excluding hydrogens is 228 g/mol. The number of nitrogens with zero attached hydrogens (tertiary/aromatic N) is 2. The zero-order valence-corrected chi connectivity index (χ0v) is 11.1. The number of anilines is 1. The number of likely N-dealkylation sites (N-methyl/N-ethyl adjacent to an activating group) is 1. The Labute approximate surface area is 108 Å². The number of amides is 1. The highest BCUT2D eigenvalue weighted by atomic mass is 16.1. The maximum atomic E-state index is 11.5. The Morgan fingerprint density at radius 3 is 2.78 bits per heavy atom. The second kappa shape index (κ2) is 7.58. The predicted molar refractivity (Wildman–Crippen MR) is 73.3 cm³/mol. The summed E-state index contributed by atoms with van der Waals surface area (Å²) in [6.45, 7) is 1.46. The fourth-order valence-electron chi connectivity index (χ4n) is 1.34. The average molecular weight is 248 g/mol. The molecule has 1 amide bonds. The van der Waals surface area contributed by atoms with Crippen molar-refractivity contribution in [3.8, 4) is 0 Å². The van der Waals surface area contributed by atoms with Crippen LogP contribution in [-0.4, -0.2) is 43.5 Å². The van der Waals surface area contributed by atoms with Crippen molar-refractivity contribution >= 4 is 11.6 Å². The van der Waals surface area contributed by atoms with E-state index in [2.05, 4.69) is 15.6 Å². The van der Waals surface area contributed by atoms with Crippen LogP contribution in [0.2, 0.25) is 0 Å². The quantitative estimate of drug-likeness (QED) is 0.733. The van der Waals surface area contributed by atoms with Crippen molar-refractivity contribution in [1.29, 1.82) is 0 Å². The van der Waals surface area contributed by atoms with Gasteiger partial charge in [0.1, 0.15) is 0 Å². The smallest absolute Gasteiger partial charge is 0.248 e. The normalized spacial score (nSPS) is 11.1. The Bertz CT molecular complexity index is 398. The van der Waals surface area contributed by atoms with Gasteiger partial charge in [-0.15, -0.1) is 0 Å². The molecule has 0 aliphatic carbocycles. The zero-order valence-electron chi connectivity index (χ0n) is 11.1. The zero-order chi connectivity index (χ0) is 13.4. The summed E-state index contributed by atoms with van der Waals surface area (Å²) >= 11 is 0. The van der Waals surface area contributed by atoms with Gasteiger partial charge in [-0.25, -0.2) is 0 Å². The van der Waals surface area contributed by atoms with Crippen LogP contribution in [0.3, 0.4) is 0 Å². The number of hydrogen-bond donors (Lipinski definition) is 2. The van der Waals surface area contributed by atoms with Crippen molar-refractivity contribution in [3.63, 3.8) is 0 Å². The summed E-state index contributed by atoms with van der Waals surface area (Å²) in [5, 5.41) is 5.77. The van der Waals surface area contributed by atoms with E-state index < -0.39 is 0 Å². The van der Waals surface area contributed by atoms with Gasteiger partial charge in [0.25, 0.3) is 0 Å². The first kappa shape index (κ1) is 14.3. The minimum absolute atomic E-state index is 0.139. The molecule has 0 aromatic carbocycles. The van der Waals surface area contributed by atoms with Gasteiger partial charge in [0, 0.05) is 19.2 Å². The summed E-state index contributed by atoms with van der Waals surface area (Å²) in [6, 6.07) is 3.73. The minimum atomic E-state index is -0.139. The van der Waals surface area contributed by atoms with Crippen LogP contribution in [-0.2, 0) is 11.3 Å². The van der Waals surface area contributed by atoms with Crippen molar-refractivity contribution in [2.24, 2.45) is 0 Å². The number of carbonyl (C=O) groups is 1. The van der Waals surface area contributed by atoms with Crippen molar-refractivity contribution in [2.75, 3.05) is 33.0 Å². The van der Waals surface area contributed by atoms with E-state index in [0.717, 1.165) is 18.8 Å². The van der Waals surface area contributed by atoms with Crippen LogP contribution in [0, 0.1) is 0 Å². The van der Waals surface area contributed by atoms with Crippen LogP contribution in [0.1, 0.15) is 5.69 Å². The Hall–Kier alpha value is -1.72. The summed E-state index contributed by atoms with van der Waals surface area (Å²) in [5.41, 5.74) is 1.65. The molecule has 1 aromatic heterocycles. The van der Waals surface area contributed by atoms with Crippen molar-refractivity contribution in [2.45, 2.75) is 6.54 Å². The second-order valence-corrected chi connectivity index (χ2v) is 4.22. The topological polar surface area (TPSA) is 57.3 Å². The maximum Gasteiger partial charge on any atom is 0.248 e. The lowest BCUT2D eigenvalue weighted by molar-refractivity contribution is -0.111. The van der Waals surface area contributed by atoms with E-state index in [1.807, 2.05) is 44.3 Å². The van der Waals surface area contributed by atoms with Gasteiger partial charge in [-0.1, -0.05) is 6.08 Å². The minimum Gasteiger partial charge on any atom is -0.321 e. The first-order chi connectivity index (χ1) is 8.61. The van der Waals surface area contributed by atoms with E-state index in [1.165, 1.54) is 6.08 Å². The first-order valence-electron chi connectivity index (χ1n) is 5.83. The van der Waals surface area contributed by atoms with E-state index in [1.54, 1.807) is 6.20 Å². The molecule has 0 radical (unpaired) electrons. The van der Waals surface area contributed by atoms with Crippen LogP contribution in [0.15, 0.2) is 30.5 Å². The second-order valence-electron chi connectivity index (χ2n) is 4.22. The van der Waals surface area contributed by atoms with Crippen LogP contribution in [0.25, 0.3) is 0 Å². The van der Waals surface area contributed by atoms with Crippen molar-refractivity contribution in [3.05, 3.63) is 36.2 Å². The highest BCUT2D eigenvalue weighted by Crippen LogP contribution is 2.05. The highest BCUT2D eigenvalue weighted by Gasteiger charge is 1.98. The molecule has 0 bridgehead atoms. The number of carbonyl (C=O) groups excluding carboxylic acids is 1. The van der Waals surface area contributed by atoms with Crippen molar-refractivity contribution < 1.29 is 4.79 Å². The molecule has 98 valence electrons. The van der Waals surface area contributed by atoms with E-state index in [0.29, 0.717) is 5.69 Å². The van der Waals surface area contributed by atoms with Gasteiger partial charge in [-0.05, 0) is 33.3 Å². The molecule has 1 heterocycles. The van der Waals surface area contributed by atoms with Gasteiger partial charge in [-0.3, -0.25) is 9.78 Å². The molecule has 0 saturated carbocycles. The van der Waals surface area contributed by atoms with Crippen LogP contribution in [0.5, 0.6) is 0 Å². The Balaban J connectivity index is 2.46. The lowest BCUT2D eigenvalue weighted by Gasteiger charge is -2.05. The van der Waals surface area contributed by atoms with Gasteiger partial charge >= 0.3 is 0 Å². The SMILES string of the molecule is CNCc1ccc(NC(=O)C=CCN(C)C)cn1. The largest absolute Gasteiger partial charge is 0.321 e. The lowest BCUT2D eigenvalue weighted by Crippen LogP contribution is -2.13. The molecule has 5 nitrogen and oxygen atoms in total. The van der Waals surface area contributed by atoms with Gasteiger partial charge in [0.05, 0.1) is 17.6 Å². The fourth-order valence-corrected chi connectivity index (χ4v) is 1.34. The number of hydrogen-bond acceptors (Lipinski definition) is 4. The highest BCUT2D eigenvalue weighted by molar-refractivity contribution is 5.99. The standard InChI is InChI=1S/C13H20N4O/c1-14-9-11-6-7-12(10-15-11)16-13(18)5-4-8-17(2)3/h4-7,10,14H,8-9H2,1-3H3,(H,16,18). The number of rotatable bonds is 6. The fraction of sp³-hybridized carbons (Fsp3) is 0.385. The molecule has 18 heavy (non-hydrogen) atoms. The summed E-state index contributed by atoms with van der Waals surface area (Å²) in [4.78, 5) is 17.8. The van der Waals surface area contributed by atoms with Gasteiger partial charge in [0.15, 0.2) is 0 Å². The van der Waals surface area contributed by atoms with E-state index in [-0.39, 0.29) is 5.91 Å². The average Bonchev–Trinajstić information content (AvgIpc) is 2.31. The van der Waals surface area contributed by atoms with E-state index in [9.17, 15) is 4.79 Å². The first-order valence-corrected chi connectivity index (χ1v) is 5.83. The molecule has 0 fully saturated rings. The Morgan fingerprint density at radius 1 is 1.44 bits per heavy atom. The Kier molecular flexibility index (Phi) is 6.04. The molecule has 0 spiro atoms. The third kappa shape index (κ3) is 5.56. The molecule has 0 saturated heterocycles. The molecule has 0 unspecified atom stereocenters. The van der Waals surface area contributed by atoms with Gasteiger partial charge in [-0.2, -0.15) is 0 Å². The van der Waals surface area contributed by atoms with E-state index in [4.69, 9.17) is 0 Å². The predicted octanol–water partition coefficient (Wildman–Crippen LogP) is 0.857. The van der Waals surface area contributed by atoms with Crippen LogP contribution in [0.4, 0.5) is 5.69 Å². The molecule has 5 heteroatoms. The summed E-state index contributed by atoms with van der Waals surface area (Å²) in [5.74, 6) is -0.139. The monoisotopic (exact) mass is 248 g/mol. The van der Waals surface area contributed by atoms with Gasteiger partial charge < -0.3 is 15.5 Å².